The average molecular weight is 666 g/mol. The number of esters is 1. The molecule has 2 aromatic carbocycles. The fraction of sp³-hybridized carbons (Fsp3) is 0.457. The number of nitrogens with zero attached hydrogens (tertiary/aromatic N) is 2. The van der Waals surface area contributed by atoms with Crippen molar-refractivity contribution in [2.45, 2.75) is 68.1 Å². The van der Waals surface area contributed by atoms with Crippen LogP contribution in [0.2, 0.25) is 0 Å². The maximum absolute atomic E-state index is 15.0. The van der Waals surface area contributed by atoms with Gasteiger partial charge in [0.25, 0.3) is 5.91 Å². The van der Waals surface area contributed by atoms with Crippen molar-refractivity contribution in [1.29, 1.82) is 0 Å². The first-order chi connectivity index (χ1) is 21.2. The summed E-state index contributed by atoms with van der Waals surface area (Å²) in [6.45, 7) is 11.6. The summed E-state index contributed by atoms with van der Waals surface area (Å²) in [5.74, 6) is -3.05. The zero-order valence-corrected chi connectivity index (χ0v) is 26.9. The van der Waals surface area contributed by atoms with Gasteiger partial charge in [0.1, 0.15) is 11.6 Å². The Hall–Kier alpha value is -3.27. The number of anilines is 1. The largest absolute Gasteiger partial charge is 0.465 e. The molecule has 7 atom stereocenters. The van der Waals surface area contributed by atoms with E-state index < -0.39 is 48.2 Å². The molecule has 3 fully saturated rings. The molecule has 234 valence electrons. The molecule has 9 heteroatoms. The number of aliphatic hydroxyl groups excluding tert-OH is 1. The number of aliphatic hydroxyl groups is 1. The van der Waals surface area contributed by atoms with Crippen molar-refractivity contribution in [3.05, 3.63) is 90.5 Å². The molecular weight excluding hydrogens is 624 g/mol. The van der Waals surface area contributed by atoms with Crippen molar-refractivity contribution in [2.75, 3.05) is 24.7 Å². The number of fused-ring (bicyclic) bond motifs is 1. The van der Waals surface area contributed by atoms with E-state index in [1.165, 1.54) is 4.90 Å². The Balaban J connectivity index is 1.60. The molecule has 0 aliphatic carbocycles. The monoisotopic (exact) mass is 664 g/mol. The summed E-state index contributed by atoms with van der Waals surface area (Å²) in [7, 11) is 0. The lowest BCUT2D eigenvalue weighted by Crippen LogP contribution is -2.57. The van der Waals surface area contributed by atoms with Crippen molar-refractivity contribution in [1.82, 2.24) is 4.90 Å². The summed E-state index contributed by atoms with van der Waals surface area (Å²) < 4.78 is 12.4. The van der Waals surface area contributed by atoms with Crippen LogP contribution in [0.1, 0.15) is 48.4 Å². The fourth-order valence-electron chi connectivity index (χ4n) is 7.24. The van der Waals surface area contributed by atoms with Crippen LogP contribution in [0.25, 0.3) is 0 Å². The number of benzene rings is 2. The molecule has 3 saturated heterocycles. The van der Waals surface area contributed by atoms with Gasteiger partial charge in [0.05, 0.1) is 37.2 Å². The predicted molar refractivity (Wildman–Crippen MR) is 172 cm³/mol. The Bertz CT molecular complexity index is 1420. The molecule has 0 saturated carbocycles. The van der Waals surface area contributed by atoms with Gasteiger partial charge in [-0.05, 0) is 62.3 Å². The van der Waals surface area contributed by atoms with Gasteiger partial charge in [0.15, 0.2) is 0 Å². The number of alkyl halides is 1. The molecule has 3 aliphatic rings. The standard InChI is InChI=1S/C35H41BrN2O6/c1-5-7-8-12-18-43-34(42)28-29-32(40)38(27(21-39)24-13-10-9-11-14-24)31(35(29)20-25(36)30(28)44-35)33(41)37(17-6-2)26-19-22(3)15-16-23(26)4/h5-6,9-11,13-16,19,25,27-31,39H,1-2,7-8,12,17-18,20-21H2,3-4H3/t25?,27-,28-,29+,30-,31?,35?/m1/s1. The highest BCUT2D eigenvalue weighted by Gasteiger charge is 2.77. The minimum Gasteiger partial charge on any atom is -0.465 e. The molecule has 1 spiro atoms. The topological polar surface area (TPSA) is 96.4 Å². The lowest BCUT2D eigenvalue weighted by molar-refractivity contribution is -0.155. The summed E-state index contributed by atoms with van der Waals surface area (Å²) in [6, 6.07) is 13.1. The number of allylic oxidation sites excluding steroid dienone is 1. The van der Waals surface area contributed by atoms with Gasteiger partial charge in [0, 0.05) is 17.1 Å². The summed E-state index contributed by atoms with van der Waals surface area (Å²) >= 11 is 3.72. The van der Waals surface area contributed by atoms with E-state index in [-0.39, 0.29) is 29.8 Å². The van der Waals surface area contributed by atoms with Crippen LogP contribution in [0.3, 0.4) is 0 Å². The van der Waals surface area contributed by atoms with Crippen LogP contribution in [-0.4, -0.2) is 70.1 Å². The Morgan fingerprint density at radius 1 is 1.18 bits per heavy atom. The number of aryl methyl sites for hydroxylation is 2. The van der Waals surface area contributed by atoms with Crippen LogP contribution in [0, 0.1) is 25.7 Å². The number of rotatable bonds is 13. The Morgan fingerprint density at radius 2 is 1.93 bits per heavy atom. The molecule has 0 radical (unpaired) electrons. The van der Waals surface area contributed by atoms with E-state index in [0.717, 1.165) is 24.0 Å². The second kappa shape index (κ2) is 13.4. The summed E-state index contributed by atoms with van der Waals surface area (Å²) in [5.41, 5.74) is 1.98. The van der Waals surface area contributed by atoms with Crippen molar-refractivity contribution < 1.29 is 29.0 Å². The Morgan fingerprint density at radius 3 is 2.61 bits per heavy atom. The molecule has 5 rings (SSSR count). The van der Waals surface area contributed by atoms with E-state index in [9.17, 15) is 19.5 Å². The lowest BCUT2D eigenvalue weighted by Gasteiger charge is -2.39. The highest BCUT2D eigenvalue weighted by molar-refractivity contribution is 9.09. The third-order valence-corrected chi connectivity index (χ3v) is 10.1. The maximum atomic E-state index is 15.0. The van der Waals surface area contributed by atoms with Crippen LogP contribution in [0.4, 0.5) is 5.69 Å². The number of halogens is 1. The van der Waals surface area contributed by atoms with Gasteiger partial charge >= 0.3 is 5.97 Å². The molecular formula is C35H41BrN2O6. The fourth-order valence-corrected chi connectivity index (χ4v) is 8.18. The van der Waals surface area contributed by atoms with Crippen molar-refractivity contribution in [3.8, 4) is 0 Å². The van der Waals surface area contributed by atoms with Gasteiger partial charge in [0.2, 0.25) is 5.91 Å². The lowest BCUT2D eigenvalue weighted by atomic mass is 9.70. The Labute approximate surface area is 267 Å². The van der Waals surface area contributed by atoms with Crippen LogP contribution >= 0.6 is 15.9 Å². The summed E-state index contributed by atoms with van der Waals surface area (Å²) in [4.78, 5) is 46.1. The molecule has 2 aromatic rings. The minimum absolute atomic E-state index is 0.203. The van der Waals surface area contributed by atoms with Crippen molar-refractivity contribution >= 4 is 39.4 Å². The number of ether oxygens (including phenoxy) is 2. The zero-order valence-electron chi connectivity index (χ0n) is 25.4. The summed E-state index contributed by atoms with van der Waals surface area (Å²) in [5, 5.41) is 10.8. The zero-order chi connectivity index (χ0) is 31.6. The number of amides is 2. The van der Waals surface area contributed by atoms with Crippen LogP contribution in [0.15, 0.2) is 73.8 Å². The second-order valence-electron chi connectivity index (χ2n) is 12.0. The number of unbranched alkanes of at least 4 members (excludes halogenated alkanes) is 2. The van der Waals surface area contributed by atoms with E-state index in [2.05, 4.69) is 29.1 Å². The number of carbonyl (C=O) groups excluding carboxylic acids is 3. The molecule has 3 aliphatic heterocycles. The van der Waals surface area contributed by atoms with Gasteiger partial charge in [-0.25, -0.2) is 0 Å². The molecule has 2 bridgehead atoms. The van der Waals surface area contributed by atoms with Crippen molar-refractivity contribution in [2.24, 2.45) is 11.8 Å². The third-order valence-electron chi connectivity index (χ3n) is 9.21. The normalized spacial score (nSPS) is 27.6. The third kappa shape index (κ3) is 5.54. The first-order valence-corrected chi connectivity index (χ1v) is 16.2. The van der Waals surface area contributed by atoms with Gasteiger partial charge < -0.3 is 24.4 Å². The molecule has 8 nitrogen and oxygen atoms in total. The first-order valence-electron chi connectivity index (χ1n) is 15.3. The predicted octanol–water partition coefficient (Wildman–Crippen LogP) is 5.20. The van der Waals surface area contributed by atoms with Gasteiger partial charge in [-0.2, -0.15) is 0 Å². The van der Waals surface area contributed by atoms with Crippen LogP contribution < -0.4 is 4.90 Å². The molecule has 1 N–H and O–H groups in total. The Kier molecular flexibility index (Phi) is 9.77. The highest BCUT2D eigenvalue weighted by Crippen LogP contribution is 2.61. The van der Waals surface area contributed by atoms with Gasteiger partial charge in [-0.1, -0.05) is 70.5 Å². The van der Waals surface area contributed by atoms with Gasteiger partial charge in [-0.3, -0.25) is 14.4 Å². The average Bonchev–Trinajstić information content (AvgIpc) is 3.61. The molecule has 3 heterocycles. The van der Waals surface area contributed by atoms with E-state index in [4.69, 9.17) is 9.47 Å². The highest BCUT2D eigenvalue weighted by atomic mass is 79.9. The maximum Gasteiger partial charge on any atom is 0.312 e. The van der Waals surface area contributed by atoms with E-state index in [1.807, 2.05) is 68.5 Å². The molecule has 3 unspecified atom stereocenters. The van der Waals surface area contributed by atoms with E-state index in [0.29, 0.717) is 24.1 Å². The van der Waals surface area contributed by atoms with Crippen LogP contribution in [-0.2, 0) is 23.9 Å². The molecule has 44 heavy (non-hydrogen) atoms. The molecule has 0 aromatic heterocycles. The van der Waals surface area contributed by atoms with Crippen LogP contribution in [0.5, 0.6) is 0 Å². The second-order valence-corrected chi connectivity index (χ2v) is 13.2. The number of hydrogen-bond acceptors (Lipinski definition) is 6. The van der Waals surface area contributed by atoms with E-state index >= 15 is 0 Å². The minimum atomic E-state index is -1.29. The SMILES string of the molecule is C=CCCCCOC(=O)[C@H]1[C@@H]2OC3(CC2Br)C(C(=O)N(CC=C)c2cc(C)ccc2C)N([C@H](CO)c2ccccc2)C(=O)[C@H]13. The molecule has 2 amide bonds. The number of hydrogen-bond donors (Lipinski definition) is 1. The number of likely N-dealkylation sites (tertiary alicyclic amines) is 1. The van der Waals surface area contributed by atoms with E-state index in [1.54, 1.807) is 11.0 Å². The van der Waals surface area contributed by atoms with Gasteiger partial charge in [-0.15, -0.1) is 13.2 Å². The number of carbonyl (C=O) groups is 3. The smallest absolute Gasteiger partial charge is 0.312 e. The van der Waals surface area contributed by atoms with Crippen molar-refractivity contribution in [3.63, 3.8) is 0 Å². The quantitative estimate of drug-likeness (QED) is 0.137. The summed E-state index contributed by atoms with van der Waals surface area (Å²) in [6.07, 6.45) is 5.55. The first kappa shape index (κ1) is 32.1.